The topological polar surface area (TPSA) is 72.8 Å². The number of carbonyl (C=O) groups excluding carboxylic acids is 1. The molecule has 1 atom stereocenters. The van der Waals surface area contributed by atoms with Crippen molar-refractivity contribution in [3.05, 3.63) is 29.8 Å². The zero-order valence-corrected chi connectivity index (χ0v) is 11.6. The lowest BCUT2D eigenvalue weighted by atomic mass is 10.2. The molecule has 0 fully saturated rings. The van der Waals surface area contributed by atoms with Gasteiger partial charge in [0.15, 0.2) is 0 Å². The van der Waals surface area contributed by atoms with E-state index < -0.39 is 5.97 Å². The fourth-order valence-corrected chi connectivity index (χ4v) is 2.13. The van der Waals surface area contributed by atoms with E-state index in [-0.39, 0.29) is 23.4 Å². The van der Waals surface area contributed by atoms with E-state index in [1.807, 2.05) is 0 Å². The molecule has 1 unspecified atom stereocenters. The minimum Gasteiger partial charge on any atom is -0.478 e. The lowest BCUT2D eigenvalue weighted by molar-refractivity contribution is -0.147. The first kappa shape index (κ1) is 15.5. The van der Waals surface area contributed by atoms with Crippen molar-refractivity contribution in [3.63, 3.8) is 0 Å². The van der Waals surface area contributed by atoms with E-state index in [1.54, 1.807) is 19.1 Å². The highest BCUT2D eigenvalue weighted by Crippen LogP contribution is 2.19. The monoisotopic (exact) mass is 284 g/mol. The van der Waals surface area contributed by atoms with Gasteiger partial charge in [-0.3, -0.25) is 4.79 Å². The molecule has 104 valence electrons. The third-order valence-electron chi connectivity index (χ3n) is 2.17. The maximum absolute atomic E-state index is 11.5. The van der Waals surface area contributed by atoms with Gasteiger partial charge < -0.3 is 14.6 Å². The molecular formula is C13H16O5S. The number of hydrogen-bond donors (Lipinski definition) is 1. The molecule has 0 saturated heterocycles. The van der Waals surface area contributed by atoms with Gasteiger partial charge in [0.05, 0.1) is 17.9 Å². The normalized spacial score (nSPS) is 11.9. The molecule has 0 spiro atoms. The van der Waals surface area contributed by atoms with E-state index in [1.165, 1.54) is 31.0 Å². The smallest absolute Gasteiger partial charge is 0.335 e. The van der Waals surface area contributed by atoms with Crippen molar-refractivity contribution in [1.29, 1.82) is 0 Å². The van der Waals surface area contributed by atoms with Crippen molar-refractivity contribution in [2.45, 2.75) is 17.9 Å². The van der Waals surface area contributed by atoms with Gasteiger partial charge in [0.2, 0.25) is 0 Å². The summed E-state index contributed by atoms with van der Waals surface area (Å²) in [5.74, 6) is -1.20. The number of aromatic carboxylic acids is 1. The minimum absolute atomic E-state index is 0.136. The van der Waals surface area contributed by atoms with Crippen molar-refractivity contribution in [2.24, 2.45) is 0 Å². The highest BCUT2D eigenvalue weighted by Gasteiger charge is 2.10. The molecule has 1 aromatic carbocycles. The van der Waals surface area contributed by atoms with E-state index in [0.717, 1.165) is 4.90 Å². The van der Waals surface area contributed by atoms with E-state index in [4.69, 9.17) is 14.6 Å². The first-order valence-corrected chi connectivity index (χ1v) is 6.66. The largest absolute Gasteiger partial charge is 0.478 e. The van der Waals surface area contributed by atoms with Crippen LogP contribution in [0.3, 0.4) is 0 Å². The molecule has 0 aliphatic heterocycles. The number of hydrogen-bond acceptors (Lipinski definition) is 5. The summed E-state index contributed by atoms with van der Waals surface area (Å²) in [4.78, 5) is 23.0. The average Bonchev–Trinajstić information content (AvgIpc) is 2.37. The van der Waals surface area contributed by atoms with Crippen LogP contribution in [0.4, 0.5) is 0 Å². The maximum Gasteiger partial charge on any atom is 0.335 e. The number of ether oxygens (including phenoxy) is 2. The standard InChI is InChI=1S/C13H16O5S/c1-9(7-17-2)18-12(14)8-19-11-5-3-4-10(6-11)13(15)16/h3-6,9H,7-8H2,1-2H3,(H,15,16). The lowest BCUT2D eigenvalue weighted by Gasteiger charge is -2.11. The maximum atomic E-state index is 11.5. The summed E-state index contributed by atoms with van der Waals surface area (Å²) in [6.07, 6.45) is -0.288. The fourth-order valence-electron chi connectivity index (χ4n) is 1.39. The molecule has 0 heterocycles. The summed E-state index contributed by atoms with van der Waals surface area (Å²) >= 11 is 1.24. The quantitative estimate of drug-likeness (QED) is 0.610. The first-order valence-electron chi connectivity index (χ1n) is 5.67. The molecule has 0 radical (unpaired) electrons. The highest BCUT2D eigenvalue weighted by atomic mass is 32.2. The second-order valence-corrected chi connectivity index (χ2v) is 4.93. The van der Waals surface area contributed by atoms with E-state index in [0.29, 0.717) is 6.61 Å². The molecule has 0 aromatic heterocycles. The zero-order chi connectivity index (χ0) is 14.3. The second kappa shape index (κ2) is 7.81. The highest BCUT2D eigenvalue weighted by molar-refractivity contribution is 8.00. The van der Waals surface area contributed by atoms with E-state index >= 15 is 0 Å². The first-order chi connectivity index (χ1) is 9.02. The van der Waals surface area contributed by atoms with Crippen LogP contribution in [-0.2, 0) is 14.3 Å². The minimum atomic E-state index is -0.987. The van der Waals surface area contributed by atoms with Gasteiger partial charge in [-0.1, -0.05) is 6.07 Å². The van der Waals surface area contributed by atoms with Crippen LogP contribution in [0.1, 0.15) is 17.3 Å². The molecule has 0 amide bonds. The van der Waals surface area contributed by atoms with E-state index in [9.17, 15) is 9.59 Å². The number of carbonyl (C=O) groups is 2. The number of methoxy groups -OCH3 is 1. The number of carboxylic acids is 1. The van der Waals surface area contributed by atoms with Crippen molar-refractivity contribution < 1.29 is 24.2 Å². The van der Waals surface area contributed by atoms with Crippen molar-refractivity contribution in [3.8, 4) is 0 Å². The molecule has 19 heavy (non-hydrogen) atoms. The van der Waals surface area contributed by atoms with Crippen molar-refractivity contribution in [1.82, 2.24) is 0 Å². The third kappa shape index (κ3) is 5.76. The lowest BCUT2D eigenvalue weighted by Crippen LogP contribution is -2.20. The Balaban J connectivity index is 2.46. The predicted octanol–water partition coefficient (Wildman–Crippen LogP) is 2.06. The van der Waals surface area contributed by atoms with Gasteiger partial charge in [-0.15, -0.1) is 11.8 Å². The van der Waals surface area contributed by atoms with Crippen molar-refractivity contribution >= 4 is 23.7 Å². The summed E-state index contributed by atoms with van der Waals surface area (Å²) in [5.41, 5.74) is 0.200. The van der Waals surface area contributed by atoms with Crippen LogP contribution >= 0.6 is 11.8 Å². The summed E-state index contributed by atoms with van der Waals surface area (Å²) < 4.78 is 9.95. The molecule has 5 nitrogen and oxygen atoms in total. The Kier molecular flexibility index (Phi) is 6.38. The molecule has 6 heteroatoms. The summed E-state index contributed by atoms with van der Waals surface area (Å²) in [6.45, 7) is 2.10. The predicted molar refractivity (Wildman–Crippen MR) is 71.6 cm³/mol. The third-order valence-corrected chi connectivity index (χ3v) is 3.14. The Morgan fingerprint density at radius 2 is 2.16 bits per heavy atom. The van der Waals surface area contributed by atoms with Gasteiger partial charge in [-0.05, 0) is 25.1 Å². The van der Waals surface area contributed by atoms with Crippen LogP contribution in [0.15, 0.2) is 29.2 Å². The molecule has 0 aliphatic rings. The van der Waals surface area contributed by atoms with Crippen LogP contribution < -0.4 is 0 Å². The van der Waals surface area contributed by atoms with Crippen LogP contribution in [-0.4, -0.2) is 42.6 Å². The van der Waals surface area contributed by atoms with Crippen molar-refractivity contribution in [2.75, 3.05) is 19.5 Å². The van der Waals surface area contributed by atoms with E-state index in [2.05, 4.69) is 0 Å². The summed E-state index contributed by atoms with van der Waals surface area (Å²) in [7, 11) is 1.54. The Labute approximate surface area is 115 Å². The van der Waals surface area contributed by atoms with Crippen LogP contribution in [0.25, 0.3) is 0 Å². The Morgan fingerprint density at radius 3 is 2.79 bits per heavy atom. The van der Waals surface area contributed by atoms with Gasteiger partial charge in [-0.25, -0.2) is 4.79 Å². The number of benzene rings is 1. The molecule has 0 aliphatic carbocycles. The molecule has 1 N–H and O–H groups in total. The number of thioether (sulfide) groups is 1. The SMILES string of the molecule is COCC(C)OC(=O)CSc1cccc(C(=O)O)c1. The summed E-state index contributed by atoms with van der Waals surface area (Å²) in [6, 6.07) is 6.43. The van der Waals surface area contributed by atoms with Gasteiger partial charge >= 0.3 is 11.9 Å². The number of esters is 1. The Morgan fingerprint density at radius 1 is 1.42 bits per heavy atom. The second-order valence-electron chi connectivity index (χ2n) is 3.88. The molecule has 0 bridgehead atoms. The van der Waals surface area contributed by atoms with Gasteiger partial charge in [-0.2, -0.15) is 0 Å². The summed E-state index contributed by atoms with van der Waals surface area (Å²) in [5, 5.41) is 8.85. The molecule has 1 aromatic rings. The van der Waals surface area contributed by atoms with Gasteiger partial charge in [0, 0.05) is 12.0 Å². The average molecular weight is 284 g/mol. The fraction of sp³-hybridized carbons (Fsp3) is 0.385. The number of rotatable bonds is 7. The van der Waals surface area contributed by atoms with Crippen LogP contribution in [0, 0.1) is 0 Å². The van der Waals surface area contributed by atoms with Gasteiger partial charge in [0.1, 0.15) is 6.10 Å². The Bertz CT molecular complexity index is 446. The van der Waals surface area contributed by atoms with Gasteiger partial charge in [0.25, 0.3) is 0 Å². The molecular weight excluding hydrogens is 268 g/mol. The molecule has 0 saturated carbocycles. The van der Waals surface area contributed by atoms with Crippen LogP contribution in [0.2, 0.25) is 0 Å². The number of carboxylic acid groups (broad SMARTS) is 1. The zero-order valence-electron chi connectivity index (χ0n) is 10.8. The Hall–Kier alpha value is -1.53. The van der Waals surface area contributed by atoms with Crippen LogP contribution in [0.5, 0.6) is 0 Å². The molecule has 1 rings (SSSR count).